The van der Waals surface area contributed by atoms with Gasteiger partial charge in [0.25, 0.3) is 0 Å². The Morgan fingerprint density at radius 2 is 1.89 bits per heavy atom. The molecule has 0 bridgehead atoms. The van der Waals surface area contributed by atoms with E-state index in [4.69, 9.17) is 38.4 Å². The van der Waals surface area contributed by atoms with E-state index in [1.807, 2.05) is 0 Å². The van der Waals surface area contributed by atoms with Crippen molar-refractivity contribution >= 4 is 34.6 Å². The second-order valence-electron chi connectivity index (χ2n) is 3.74. The average Bonchev–Trinajstić information content (AvgIpc) is 2.34. The Hall–Kier alpha value is -0.680. The number of benzene rings is 1. The van der Waals surface area contributed by atoms with Crippen LogP contribution in [0.1, 0.15) is 6.42 Å². The Kier molecular flexibility index (Phi) is 7.20. The first-order valence-electron chi connectivity index (χ1n) is 5.70. The molecule has 0 fully saturated rings. The van der Waals surface area contributed by atoms with Crippen LogP contribution in [0.5, 0.6) is 0 Å². The number of nitrogens with one attached hydrogen (secondary N) is 1. The molecule has 0 aliphatic rings. The van der Waals surface area contributed by atoms with Crippen LogP contribution in [0.2, 0.25) is 10.0 Å². The van der Waals surface area contributed by atoms with Gasteiger partial charge in [-0.15, -0.1) is 0 Å². The van der Waals surface area contributed by atoms with Crippen molar-refractivity contribution in [2.45, 2.75) is 6.42 Å². The van der Waals surface area contributed by atoms with E-state index in [-0.39, 0.29) is 0 Å². The third kappa shape index (κ3) is 5.31. The molecule has 1 aromatic carbocycles. The summed E-state index contributed by atoms with van der Waals surface area (Å²) in [6.07, 6.45) is 0.878. The van der Waals surface area contributed by atoms with Crippen LogP contribution in [-0.4, -0.2) is 33.5 Å². The molecule has 0 radical (unpaired) electrons. The predicted molar refractivity (Wildman–Crippen MR) is 76.7 cm³/mol. The van der Waals surface area contributed by atoms with E-state index in [1.54, 1.807) is 19.2 Å². The fraction of sp³-hybridized carbons (Fsp3) is 0.500. The summed E-state index contributed by atoms with van der Waals surface area (Å²) >= 11 is 11.8. The first kappa shape index (κ1) is 15.4. The molecular formula is C12H18Cl2N2O2. The minimum absolute atomic E-state index is 0.461. The van der Waals surface area contributed by atoms with Gasteiger partial charge < -0.3 is 20.5 Å². The maximum absolute atomic E-state index is 5.92. The van der Waals surface area contributed by atoms with Crippen molar-refractivity contribution in [2.75, 3.05) is 44.5 Å². The van der Waals surface area contributed by atoms with Crippen LogP contribution < -0.4 is 11.1 Å². The minimum Gasteiger partial charge on any atom is -0.397 e. The smallest absolute Gasteiger partial charge is 0.0700 e. The standard InChI is InChI=1S/C12H18Cl2N2O2/c1-17-5-6-18-4-2-3-16-12-8-10(14)9(13)7-11(12)15/h7-8,16H,2-6,15H2,1H3. The number of anilines is 2. The molecule has 102 valence electrons. The molecule has 0 saturated heterocycles. The number of halogens is 2. The van der Waals surface area contributed by atoms with E-state index in [0.717, 1.165) is 18.7 Å². The van der Waals surface area contributed by atoms with Gasteiger partial charge in [0.05, 0.1) is 34.6 Å². The van der Waals surface area contributed by atoms with Gasteiger partial charge in [-0.2, -0.15) is 0 Å². The third-order valence-electron chi connectivity index (χ3n) is 2.31. The van der Waals surface area contributed by atoms with Gasteiger partial charge in [0.15, 0.2) is 0 Å². The maximum atomic E-state index is 5.92. The number of methoxy groups -OCH3 is 1. The summed E-state index contributed by atoms with van der Waals surface area (Å²) < 4.78 is 10.2. The fourth-order valence-electron chi connectivity index (χ4n) is 1.36. The van der Waals surface area contributed by atoms with Crippen LogP contribution in [0.15, 0.2) is 12.1 Å². The van der Waals surface area contributed by atoms with Gasteiger partial charge in [0.1, 0.15) is 0 Å². The highest BCUT2D eigenvalue weighted by atomic mass is 35.5. The predicted octanol–water partition coefficient (Wildman–Crippen LogP) is 3.04. The minimum atomic E-state index is 0.461. The van der Waals surface area contributed by atoms with Gasteiger partial charge in [-0.25, -0.2) is 0 Å². The molecule has 0 heterocycles. The van der Waals surface area contributed by atoms with E-state index in [1.165, 1.54) is 0 Å². The van der Waals surface area contributed by atoms with E-state index in [9.17, 15) is 0 Å². The molecule has 0 atom stereocenters. The molecule has 3 N–H and O–H groups in total. The quantitative estimate of drug-likeness (QED) is 0.571. The average molecular weight is 293 g/mol. The lowest BCUT2D eigenvalue weighted by atomic mass is 10.2. The molecule has 1 rings (SSSR count). The molecule has 4 nitrogen and oxygen atoms in total. The van der Waals surface area contributed by atoms with Crippen molar-refractivity contribution in [1.82, 2.24) is 0 Å². The van der Waals surface area contributed by atoms with Gasteiger partial charge in [-0.05, 0) is 18.6 Å². The SMILES string of the molecule is COCCOCCCNc1cc(Cl)c(Cl)cc1N. The topological polar surface area (TPSA) is 56.5 Å². The number of nitrogens with two attached hydrogens (primary N) is 1. The largest absolute Gasteiger partial charge is 0.397 e. The Labute approximate surface area is 117 Å². The first-order chi connectivity index (χ1) is 8.65. The van der Waals surface area contributed by atoms with Crippen LogP contribution in [0.3, 0.4) is 0 Å². The highest BCUT2D eigenvalue weighted by molar-refractivity contribution is 6.42. The van der Waals surface area contributed by atoms with Crippen LogP contribution in [0.4, 0.5) is 11.4 Å². The van der Waals surface area contributed by atoms with Crippen LogP contribution >= 0.6 is 23.2 Å². The Balaban J connectivity index is 2.25. The zero-order valence-corrected chi connectivity index (χ0v) is 11.9. The molecule has 1 aromatic rings. The summed E-state index contributed by atoms with van der Waals surface area (Å²) in [5.74, 6) is 0. The van der Waals surface area contributed by atoms with E-state index >= 15 is 0 Å². The molecule has 0 spiro atoms. The first-order valence-corrected chi connectivity index (χ1v) is 6.46. The molecule has 0 amide bonds. The second kappa shape index (κ2) is 8.43. The lowest BCUT2D eigenvalue weighted by Gasteiger charge is -2.10. The van der Waals surface area contributed by atoms with Crippen LogP contribution in [-0.2, 0) is 9.47 Å². The molecule has 18 heavy (non-hydrogen) atoms. The summed E-state index contributed by atoms with van der Waals surface area (Å²) in [7, 11) is 1.65. The zero-order valence-electron chi connectivity index (χ0n) is 10.3. The van der Waals surface area contributed by atoms with Crippen molar-refractivity contribution in [3.63, 3.8) is 0 Å². The maximum Gasteiger partial charge on any atom is 0.0700 e. The van der Waals surface area contributed by atoms with Crippen molar-refractivity contribution < 1.29 is 9.47 Å². The number of hydrogen-bond donors (Lipinski definition) is 2. The van der Waals surface area contributed by atoms with Gasteiger partial charge >= 0.3 is 0 Å². The Bertz CT molecular complexity index is 375. The van der Waals surface area contributed by atoms with Gasteiger partial charge in [-0.1, -0.05) is 23.2 Å². The Morgan fingerprint density at radius 1 is 1.17 bits per heavy atom. The van der Waals surface area contributed by atoms with E-state index in [2.05, 4.69) is 5.32 Å². The molecule has 0 aliphatic heterocycles. The van der Waals surface area contributed by atoms with Gasteiger partial charge in [-0.3, -0.25) is 0 Å². The molecule has 6 heteroatoms. The fourth-order valence-corrected chi connectivity index (χ4v) is 1.69. The summed E-state index contributed by atoms with van der Waals surface area (Å²) in [6.45, 7) is 2.67. The highest BCUT2D eigenvalue weighted by Gasteiger charge is 2.04. The van der Waals surface area contributed by atoms with Crippen molar-refractivity contribution in [1.29, 1.82) is 0 Å². The number of hydrogen-bond acceptors (Lipinski definition) is 4. The number of nitrogen functional groups attached to an aromatic ring is 1. The van der Waals surface area contributed by atoms with Crippen molar-refractivity contribution in [3.8, 4) is 0 Å². The molecule has 0 aromatic heterocycles. The van der Waals surface area contributed by atoms with Crippen molar-refractivity contribution in [3.05, 3.63) is 22.2 Å². The van der Waals surface area contributed by atoms with Gasteiger partial charge in [0.2, 0.25) is 0 Å². The lowest BCUT2D eigenvalue weighted by molar-refractivity contribution is 0.0705. The highest BCUT2D eigenvalue weighted by Crippen LogP contribution is 2.30. The summed E-state index contributed by atoms with van der Waals surface area (Å²) in [6, 6.07) is 3.37. The second-order valence-corrected chi connectivity index (χ2v) is 4.55. The lowest BCUT2D eigenvalue weighted by Crippen LogP contribution is -2.09. The molecule has 0 aliphatic carbocycles. The normalized spacial score (nSPS) is 10.6. The number of rotatable bonds is 8. The monoisotopic (exact) mass is 292 g/mol. The molecular weight excluding hydrogens is 275 g/mol. The Morgan fingerprint density at radius 3 is 2.61 bits per heavy atom. The van der Waals surface area contributed by atoms with Crippen molar-refractivity contribution in [2.24, 2.45) is 0 Å². The van der Waals surface area contributed by atoms with E-state index in [0.29, 0.717) is 35.6 Å². The zero-order chi connectivity index (χ0) is 13.4. The summed E-state index contributed by atoms with van der Waals surface area (Å²) in [5, 5.41) is 4.14. The summed E-state index contributed by atoms with van der Waals surface area (Å²) in [5.41, 5.74) is 7.20. The summed E-state index contributed by atoms with van der Waals surface area (Å²) in [4.78, 5) is 0. The molecule has 0 unspecified atom stereocenters. The van der Waals surface area contributed by atoms with Gasteiger partial charge in [0, 0.05) is 20.3 Å². The molecule has 0 saturated carbocycles. The van der Waals surface area contributed by atoms with Crippen LogP contribution in [0.25, 0.3) is 0 Å². The van der Waals surface area contributed by atoms with Crippen LogP contribution in [0, 0.1) is 0 Å². The number of ether oxygens (including phenoxy) is 2. The third-order valence-corrected chi connectivity index (χ3v) is 3.03. The van der Waals surface area contributed by atoms with E-state index < -0.39 is 0 Å².